The van der Waals surface area contributed by atoms with Crippen LogP contribution in [-0.2, 0) is 15.1 Å². The molecule has 1 heterocycles. The van der Waals surface area contributed by atoms with E-state index in [9.17, 15) is 15.0 Å². The molecule has 0 radical (unpaired) electrons. The quantitative estimate of drug-likeness (QED) is 0.370. The van der Waals surface area contributed by atoms with E-state index in [-0.39, 0.29) is 11.8 Å². The number of carbonyl (C=O) groups excluding carboxylic acids is 1. The number of unbranched alkanes of at least 4 members (excludes halogenated alkanes) is 1. The van der Waals surface area contributed by atoms with E-state index in [0.717, 1.165) is 44.1 Å². The molecule has 2 aromatic carbocycles. The summed E-state index contributed by atoms with van der Waals surface area (Å²) in [5.41, 5.74) is -0.933. The molecule has 2 N–H and O–H groups in total. The predicted molar refractivity (Wildman–Crippen MR) is 145 cm³/mol. The Morgan fingerprint density at radius 1 is 1.14 bits per heavy atom. The topological polar surface area (TPSA) is 79.2 Å². The number of aliphatic hydroxyl groups is 2. The molecule has 4 rings (SSSR count). The molecule has 6 nitrogen and oxygen atoms in total. The van der Waals surface area contributed by atoms with Gasteiger partial charge in [-0.3, -0.25) is 4.79 Å². The summed E-state index contributed by atoms with van der Waals surface area (Å²) in [6.45, 7) is 3.57. The minimum absolute atomic E-state index is 0.195. The second kappa shape index (κ2) is 12.2. The molecule has 1 saturated heterocycles. The van der Waals surface area contributed by atoms with Crippen LogP contribution in [0.5, 0.6) is 11.5 Å². The average Bonchev–Trinajstić information content (AvgIpc) is 3.36. The van der Waals surface area contributed by atoms with E-state index >= 15 is 0 Å². The molecule has 37 heavy (non-hydrogen) atoms. The highest BCUT2D eigenvalue weighted by Gasteiger charge is 2.47. The van der Waals surface area contributed by atoms with Crippen LogP contribution in [0.2, 0.25) is 5.02 Å². The number of halogens is 1. The number of benzene rings is 2. The van der Waals surface area contributed by atoms with Gasteiger partial charge in [-0.05, 0) is 82.4 Å². The molecule has 1 saturated carbocycles. The molecular formula is C30H40ClNO5. The van der Waals surface area contributed by atoms with Gasteiger partial charge in [0.1, 0.15) is 11.4 Å². The SMILES string of the molecule is COCCCCC(O)(c1cccc(Cl)c1Oc1ccccc1C)[C@@H]1CCCN(C(=O)C2(O)CCCC2)C1. The van der Waals surface area contributed by atoms with Crippen molar-refractivity contribution >= 4 is 17.5 Å². The number of aryl methyl sites for hydroxylation is 1. The van der Waals surface area contributed by atoms with E-state index < -0.39 is 11.2 Å². The highest BCUT2D eigenvalue weighted by Crippen LogP contribution is 2.47. The molecule has 1 aliphatic carbocycles. The van der Waals surface area contributed by atoms with Crippen LogP contribution in [0.15, 0.2) is 42.5 Å². The number of amides is 1. The second-order valence-corrected chi connectivity index (χ2v) is 11.1. The van der Waals surface area contributed by atoms with Crippen molar-refractivity contribution < 1.29 is 24.5 Å². The smallest absolute Gasteiger partial charge is 0.254 e. The Morgan fingerprint density at radius 3 is 2.62 bits per heavy atom. The van der Waals surface area contributed by atoms with E-state index in [1.807, 2.05) is 43.3 Å². The molecule has 7 heteroatoms. The van der Waals surface area contributed by atoms with Gasteiger partial charge in [0, 0.05) is 38.3 Å². The van der Waals surface area contributed by atoms with Crippen molar-refractivity contribution in [2.45, 2.75) is 75.9 Å². The minimum Gasteiger partial charge on any atom is -0.455 e. The third kappa shape index (κ3) is 6.14. The molecule has 2 fully saturated rings. The average molecular weight is 530 g/mol. The van der Waals surface area contributed by atoms with Crippen LogP contribution in [0.4, 0.5) is 0 Å². The van der Waals surface area contributed by atoms with Crippen molar-refractivity contribution in [3.63, 3.8) is 0 Å². The Balaban J connectivity index is 1.68. The predicted octanol–water partition coefficient (Wildman–Crippen LogP) is 5.99. The third-order valence-corrected chi connectivity index (χ3v) is 8.41. The van der Waals surface area contributed by atoms with Crippen LogP contribution in [-0.4, -0.2) is 53.4 Å². The molecule has 2 aliphatic rings. The van der Waals surface area contributed by atoms with Crippen molar-refractivity contribution in [1.29, 1.82) is 0 Å². The number of carbonyl (C=O) groups is 1. The van der Waals surface area contributed by atoms with Crippen molar-refractivity contribution in [2.24, 2.45) is 5.92 Å². The fraction of sp³-hybridized carbons (Fsp3) is 0.567. The molecule has 0 bridgehead atoms. The van der Waals surface area contributed by atoms with Crippen LogP contribution in [0, 0.1) is 12.8 Å². The standard InChI is InChI=1S/C30H40ClNO5/c1-22-11-3-4-15-26(22)37-27-24(13-9-14-25(27)31)30(35,18-7-8-20-36-2)23-12-10-19-32(21-23)28(33)29(34)16-5-6-17-29/h3-4,9,11,13-15,23,34-35H,5-8,10,12,16-21H2,1-2H3/t23-,30?/m1/s1. The fourth-order valence-corrected chi connectivity index (χ4v) is 6.17. The van der Waals surface area contributed by atoms with E-state index in [0.29, 0.717) is 61.0 Å². The molecule has 2 atom stereocenters. The number of hydrogen-bond donors (Lipinski definition) is 2. The van der Waals surface area contributed by atoms with Crippen molar-refractivity contribution in [2.75, 3.05) is 26.8 Å². The lowest BCUT2D eigenvalue weighted by Crippen LogP contribution is -2.54. The highest BCUT2D eigenvalue weighted by atomic mass is 35.5. The van der Waals surface area contributed by atoms with Gasteiger partial charge in [-0.2, -0.15) is 0 Å². The number of likely N-dealkylation sites (tertiary alicyclic amines) is 1. The van der Waals surface area contributed by atoms with Crippen LogP contribution < -0.4 is 4.74 Å². The van der Waals surface area contributed by atoms with Crippen LogP contribution in [0.3, 0.4) is 0 Å². The number of rotatable bonds is 10. The molecule has 2 aromatic rings. The van der Waals surface area contributed by atoms with Gasteiger partial charge >= 0.3 is 0 Å². The summed E-state index contributed by atoms with van der Waals surface area (Å²) in [5, 5.41) is 23.9. The maximum Gasteiger partial charge on any atom is 0.254 e. The van der Waals surface area contributed by atoms with E-state index in [2.05, 4.69) is 0 Å². The normalized spacial score (nSPS) is 21.0. The lowest BCUT2D eigenvalue weighted by atomic mass is 9.73. The molecule has 202 valence electrons. The Kier molecular flexibility index (Phi) is 9.17. The summed E-state index contributed by atoms with van der Waals surface area (Å²) < 4.78 is 11.6. The lowest BCUT2D eigenvalue weighted by molar-refractivity contribution is -0.155. The lowest BCUT2D eigenvalue weighted by Gasteiger charge is -2.44. The van der Waals surface area contributed by atoms with Crippen LogP contribution in [0.25, 0.3) is 0 Å². The number of piperidine rings is 1. The van der Waals surface area contributed by atoms with Crippen molar-refractivity contribution in [3.8, 4) is 11.5 Å². The van der Waals surface area contributed by atoms with Gasteiger partial charge < -0.3 is 24.6 Å². The zero-order valence-corrected chi connectivity index (χ0v) is 22.8. The molecule has 1 aliphatic heterocycles. The monoisotopic (exact) mass is 529 g/mol. The summed E-state index contributed by atoms with van der Waals surface area (Å²) in [7, 11) is 1.68. The van der Waals surface area contributed by atoms with Gasteiger partial charge in [0.2, 0.25) is 0 Å². The molecular weight excluding hydrogens is 490 g/mol. The Hall–Kier alpha value is -2.12. The van der Waals surface area contributed by atoms with Gasteiger partial charge in [0.05, 0.1) is 10.6 Å². The van der Waals surface area contributed by atoms with E-state index in [1.165, 1.54) is 0 Å². The minimum atomic E-state index is -1.27. The fourth-order valence-electron chi connectivity index (χ4n) is 5.95. The molecule has 0 aromatic heterocycles. The third-order valence-electron chi connectivity index (χ3n) is 8.11. The highest BCUT2D eigenvalue weighted by molar-refractivity contribution is 6.32. The van der Waals surface area contributed by atoms with Gasteiger partial charge in [-0.1, -0.05) is 41.9 Å². The molecule has 0 spiro atoms. The first-order chi connectivity index (χ1) is 17.8. The van der Waals surface area contributed by atoms with Crippen LogP contribution in [0.1, 0.15) is 68.9 Å². The Labute approximate surface area is 225 Å². The van der Waals surface area contributed by atoms with Gasteiger partial charge in [-0.25, -0.2) is 0 Å². The number of methoxy groups -OCH3 is 1. The van der Waals surface area contributed by atoms with Crippen molar-refractivity contribution in [1.82, 2.24) is 4.90 Å². The van der Waals surface area contributed by atoms with Gasteiger partial charge in [-0.15, -0.1) is 0 Å². The van der Waals surface area contributed by atoms with E-state index in [1.54, 1.807) is 18.1 Å². The maximum atomic E-state index is 13.4. The summed E-state index contributed by atoms with van der Waals surface area (Å²) in [6, 6.07) is 13.2. The maximum absolute atomic E-state index is 13.4. The summed E-state index contributed by atoms with van der Waals surface area (Å²) in [5.74, 6) is 0.711. The first kappa shape index (κ1) is 27.9. The number of ether oxygens (including phenoxy) is 2. The number of nitrogens with zero attached hydrogens (tertiary/aromatic N) is 1. The first-order valence-corrected chi connectivity index (χ1v) is 13.9. The second-order valence-electron chi connectivity index (χ2n) is 10.7. The Bertz CT molecular complexity index is 1070. The summed E-state index contributed by atoms with van der Waals surface area (Å²) >= 11 is 6.69. The molecule has 1 unspecified atom stereocenters. The van der Waals surface area contributed by atoms with Gasteiger partial charge in [0.25, 0.3) is 5.91 Å². The van der Waals surface area contributed by atoms with Gasteiger partial charge in [0.15, 0.2) is 5.75 Å². The zero-order valence-electron chi connectivity index (χ0n) is 22.0. The van der Waals surface area contributed by atoms with Crippen molar-refractivity contribution in [3.05, 3.63) is 58.6 Å². The van der Waals surface area contributed by atoms with Crippen LogP contribution >= 0.6 is 11.6 Å². The summed E-state index contributed by atoms with van der Waals surface area (Å²) in [6.07, 6.45) is 6.32. The number of hydrogen-bond acceptors (Lipinski definition) is 5. The largest absolute Gasteiger partial charge is 0.455 e. The zero-order chi connectivity index (χ0) is 26.5. The Morgan fingerprint density at radius 2 is 1.89 bits per heavy atom. The number of para-hydroxylation sites is 2. The van der Waals surface area contributed by atoms with E-state index in [4.69, 9.17) is 21.1 Å². The summed E-state index contributed by atoms with van der Waals surface area (Å²) in [4.78, 5) is 15.1. The first-order valence-electron chi connectivity index (χ1n) is 13.5. The molecule has 1 amide bonds.